The van der Waals surface area contributed by atoms with Gasteiger partial charge < -0.3 is 0 Å². The minimum atomic E-state index is -0.541. The monoisotopic (exact) mass is 202 g/mol. The van der Waals surface area contributed by atoms with Gasteiger partial charge in [-0.3, -0.25) is 14.4 Å². The molecule has 76 valence electrons. The van der Waals surface area contributed by atoms with Gasteiger partial charge in [-0.05, 0) is 18.2 Å². The Kier molecular flexibility index (Phi) is 1.86. The van der Waals surface area contributed by atoms with Crippen LogP contribution in [-0.4, -0.2) is 17.3 Å². The minimum Gasteiger partial charge on any atom is -0.290 e. The summed E-state index contributed by atoms with van der Waals surface area (Å²) in [5.74, 6) is -0.980. The minimum absolute atomic E-state index is 0.0370. The molecule has 2 rings (SSSR count). The Hall–Kier alpha value is -1.77. The van der Waals surface area contributed by atoms with Gasteiger partial charge in [-0.25, -0.2) is 0 Å². The molecule has 3 nitrogen and oxygen atoms in total. The summed E-state index contributed by atoms with van der Waals surface area (Å²) in [7, 11) is 0. The summed E-state index contributed by atoms with van der Waals surface area (Å²) in [6.45, 7) is 3.63. The Bertz CT molecular complexity index is 463. The highest BCUT2D eigenvalue weighted by atomic mass is 16.2. The number of carbonyl (C=O) groups excluding carboxylic acids is 3. The molecule has 0 amide bonds. The summed E-state index contributed by atoms with van der Waals surface area (Å²) in [4.78, 5) is 34.7. The molecule has 0 aliphatic heterocycles. The lowest BCUT2D eigenvalue weighted by Crippen LogP contribution is -2.31. The van der Waals surface area contributed by atoms with Crippen LogP contribution in [0, 0.1) is 5.41 Å². The molecule has 2 aliphatic carbocycles. The maximum absolute atomic E-state index is 11.7. The standard InChI is InChI=1S/C12H10O3/c1-12(2)6-5-8(14)10-7(13)3-4-9(15)11(10)12/h3-6H,1-2H3. The summed E-state index contributed by atoms with van der Waals surface area (Å²) in [6.07, 6.45) is 5.42. The van der Waals surface area contributed by atoms with Gasteiger partial charge in [-0.2, -0.15) is 0 Å². The molecule has 0 radical (unpaired) electrons. The first-order chi connectivity index (χ1) is 6.93. The van der Waals surface area contributed by atoms with Gasteiger partial charge in [-0.1, -0.05) is 19.9 Å². The van der Waals surface area contributed by atoms with Gasteiger partial charge in [-0.15, -0.1) is 0 Å². The van der Waals surface area contributed by atoms with Gasteiger partial charge in [0.1, 0.15) is 0 Å². The van der Waals surface area contributed by atoms with E-state index in [-0.39, 0.29) is 22.9 Å². The first-order valence-corrected chi connectivity index (χ1v) is 4.68. The van der Waals surface area contributed by atoms with Crippen LogP contribution in [0.25, 0.3) is 0 Å². The second-order valence-electron chi connectivity index (χ2n) is 4.23. The summed E-state index contributed by atoms with van der Waals surface area (Å²) in [5, 5.41) is 0. The highest BCUT2D eigenvalue weighted by Crippen LogP contribution is 2.37. The van der Waals surface area contributed by atoms with Gasteiger partial charge in [0, 0.05) is 11.0 Å². The fourth-order valence-electron chi connectivity index (χ4n) is 1.90. The average Bonchev–Trinajstić information content (AvgIpc) is 2.16. The lowest BCUT2D eigenvalue weighted by molar-refractivity contribution is -0.120. The predicted octanol–water partition coefficient (Wildman–Crippen LogP) is 1.16. The number of hydrogen-bond acceptors (Lipinski definition) is 3. The quantitative estimate of drug-likeness (QED) is 0.437. The maximum atomic E-state index is 11.7. The van der Waals surface area contributed by atoms with Crippen molar-refractivity contribution in [2.75, 3.05) is 0 Å². The van der Waals surface area contributed by atoms with Gasteiger partial charge in [0.05, 0.1) is 5.57 Å². The van der Waals surface area contributed by atoms with E-state index in [4.69, 9.17) is 0 Å². The van der Waals surface area contributed by atoms with Crippen LogP contribution in [0.2, 0.25) is 0 Å². The van der Waals surface area contributed by atoms with Crippen molar-refractivity contribution in [3.05, 3.63) is 35.5 Å². The van der Waals surface area contributed by atoms with E-state index in [0.29, 0.717) is 5.57 Å². The van der Waals surface area contributed by atoms with Crippen LogP contribution in [0.15, 0.2) is 35.5 Å². The molecule has 0 bridgehead atoms. The highest BCUT2D eigenvalue weighted by Gasteiger charge is 2.37. The Morgan fingerprint density at radius 1 is 0.867 bits per heavy atom. The second kappa shape index (κ2) is 2.86. The molecule has 0 spiro atoms. The molecule has 0 saturated carbocycles. The lowest BCUT2D eigenvalue weighted by atomic mass is 9.72. The topological polar surface area (TPSA) is 51.2 Å². The summed E-state index contributed by atoms with van der Waals surface area (Å²) < 4.78 is 0. The van der Waals surface area contributed by atoms with E-state index in [1.807, 2.05) is 13.8 Å². The van der Waals surface area contributed by atoms with Crippen molar-refractivity contribution in [2.45, 2.75) is 13.8 Å². The van der Waals surface area contributed by atoms with Gasteiger partial charge in [0.15, 0.2) is 17.3 Å². The first-order valence-electron chi connectivity index (χ1n) is 4.68. The van der Waals surface area contributed by atoms with Crippen LogP contribution in [0.4, 0.5) is 0 Å². The molecule has 0 aromatic carbocycles. The van der Waals surface area contributed by atoms with E-state index in [2.05, 4.69) is 0 Å². The fourth-order valence-corrected chi connectivity index (χ4v) is 1.90. The fraction of sp³-hybridized carbons (Fsp3) is 0.250. The maximum Gasteiger partial charge on any atom is 0.190 e. The molecule has 0 atom stereocenters. The predicted molar refractivity (Wildman–Crippen MR) is 54.1 cm³/mol. The molecule has 15 heavy (non-hydrogen) atoms. The van der Waals surface area contributed by atoms with Gasteiger partial charge in [0.2, 0.25) is 0 Å². The molecule has 0 saturated heterocycles. The molecule has 2 aliphatic rings. The highest BCUT2D eigenvalue weighted by molar-refractivity contribution is 6.35. The van der Waals surface area contributed by atoms with Crippen molar-refractivity contribution in [2.24, 2.45) is 5.41 Å². The Balaban J connectivity index is 2.69. The molecule has 0 heterocycles. The number of ketones is 3. The second-order valence-corrected chi connectivity index (χ2v) is 4.23. The molecule has 0 fully saturated rings. The average molecular weight is 202 g/mol. The van der Waals surface area contributed by atoms with E-state index in [1.165, 1.54) is 12.2 Å². The summed E-state index contributed by atoms with van der Waals surface area (Å²) in [6, 6.07) is 0. The number of hydrogen-bond donors (Lipinski definition) is 0. The third-order valence-corrected chi connectivity index (χ3v) is 2.67. The van der Waals surface area contributed by atoms with E-state index >= 15 is 0 Å². The zero-order chi connectivity index (χ0) is 11.2. The van der Waals surface area contributed by atoms with Crippen LogP contribution < -0.4 is 0 Å². The number of rotatable bonds is 0. The van der Waals surface area contributed by atoms with E-state index in [0.717, 1.165) is 6.08 Å². The molecule has 0 N–H and O–H groups in total. The molecular formula is C12H10O3. The third kappa shape index (κ3) is 1.31. The van der Waals surface area contributed by atoms with Crippen molar-refractivity contribution in [1.29, 1.82) is 0 Å². The van der Waals surface area contributed by atoms with Crippen molar-refractivity contribution in [3.63, 3.8) is 0 Å². The van der Waals surface area contributed by atoms with Crippen LogP contribution >= 0.6 is 0 Å². The van der Waals surface area contributed by atoms with Crippen molar-refractivity contribution in [3.8, 4) is 0 Å². The van der Waals surface area contributed by atoms with Crippen molar-refractivity contribution >= 4 is 17.3 Å². The molecular weight excluding hydrogens is 192 g/mol. The third-order valence-electron chi connectivity index (χ3n) is 2.67. The molecule has 0 aromatic heterocycles. The smallest absolute Gasteiger partial charge is 0.190 e. The molecule has 0 aromatic rings. The first kappa shape index (κ1) is 9.77. The number of allylic oxidation sites excluding steroid dienone is 6. The van der Waals surface area contributed by atoms with Crippen molar-refractivity contribution < 1.29 is 14.4 Å². The number of carbonyl (C=O) groups is 3. The van der Waals surface area contributed by atoms with E-state index < -0.39 is 5.41 Å². The van der Waals surface area contributed by atoms with Gasteiger partial charge >= 0.3 is 0 Å². The Labute approximate surface area is 87.2 Å². The van der Waals surface area contributed by atoms with Crippen LogP contribution in [-0.2, 0) is 14.4 Å². The summed E-state index contributed by atoms with van der Waals surface area (Å²) >= 11 is 0. The normalized spacial score (nSPS) is 23.5. The Morgan fingerprint density at radius 2 is 1.40 bits per heavy atom. The van der Waals surface area contributed by atoms with Crippen LogP contribution in [0.1, 0.15) is 13.8 Å². The molecule has 0 unspecified atom stereocenters. The zero-order valence-electron chi connectivity index (χ0n) is 8.53. The van der Waals surface area contributed by atoms with Crippen LogP contribution in [0.3, 0.4) is 0 Å². The Morgan fingerprint density at radius 3 is 2.00 bits per heavy atom. The van der Waals surface area contributed by atoms with E-state index in [9.17, 15) is 14.4 Å². The van der Waals surface area contributed by atoms with Crippen LogP contribution in [0.5, 0.6) is 0 Å². The lowest BCUT2D eigenvalue weighted by Gasteiger charge is -2.29. The van der Waals surface area contributed by atoms with Crippen molar-refractivity contribution in [1.82, 2.24) is 0 Å². The largest absolute Gasteiger partial charge is 0.290 e. The van der Waals surface area contributed by atoms with E-state index in [1.54, 1.807) is 6.08 Å². The van der Waals surface area contributed by atoms with Gasteiger partial charge in [0.25, 0.3) is 0 Å². The SMILES string of the molecule is CC1(C)C=CC(=O)C2=C1C(=O)C=CC2=O. The molecule has 3 heteroatoms. The summed E-state index contributed by atoms with van der Waals surface area (Å²) in [5.41, 5.74) is -0.182. The zero-order valence-corrected chi connectivity index (χ0v) is 8.53.